The number of esters is 1. The predicted octanol–water partition coefficient (Wildman–Crippen LogP) is 2.06. The van der Waals surface area contributed by atoms with E-state index in [-0.39, 0.29) is 5.69 Å². The molecule has 1 heterocycles. The molecule has 0 atom stereocenters. The molecule has 94 valence electrons. The molecule has 0 aliphatic heterocycles. The Morgan fingerprint density at radius 2 is 2.17 bits per heavy atom. The zero-order valence-corrected chi connectivity index (χ0v) is 10.7. The number of rotatable bonds is 3. The Morgan fingerprint density at radius 1 is 1.39 bits per heavy atom. The van der Waals surface area contributed by atoms with Crippen molar-refractivity contribution in [3.8, 4) is 5.69 Å². The van der Waals surface area contributed by atoms with E-state index in [0.29, 0.717) is 6.61 Å². The molecule has 0 fully saturated rings. The van der Waals surface area contributed by atoms with Crippen molar-refractivity contribution in [2.75, 3.05) is 6.61 Å². The van der Waals surface area contributed by atoms with E-state index in [1.165, 1.54) is 5.56 Å². The van der Waals surface area contributed by atoms with E-state index in [1.807, 2.05) is 32.0 Å². The molecule has 0 amide bonds. The number of hydrogen-bond acceptors (Lipinski definition) is 4. The maximum absolute atomic E-state index is 11.5. The molecule has 0 aliphatic carbocycles. The second-order valence-corrected chi connectivity index (χ2v) is 3.99. The van der Waals surface area contributed by atoms with Crippen molar-refractivity contribution < 1.29 is 9.53 Å². The summed E-state index contributed by atoms with van der Waals surface area (Å²) in [7, 11) is 0. The van der Waals surface area contributed by atoms with Gasteiger partial charge in [0.05, 0.1) is 18.5 Å². The first kappa shape index (κ1) is 12.3. The molecule has 2 aromatic rings. The summed E-state index contributed by atoms with van der Waals surface area (Å²) in [5.74, 6) is -0.450. The van der Waals surface area contributed by atoms with Crippen LogP contribution in [-0.4, -0.2) is 27.6 Å². The largest absolute Gasteiger partial charge is 0.461 e. The van der Waals surface area contributed by atoms with Crippen molar-refractivity contribution in [1.29, 1.82) is 0 Å². The van der Waals surface area contributed by atoms with Crippen LogP contribution in [0.15, 0.2) is 24.4 Å². The highest BCUT2D eigenvalue weighted by atomic mass is 16.5. The van der Waals surface area contributed by atoms with Gasteiger partial charge < -0.3 is 4.74 Å². The lowest BCUT2D eigenvalue weighted by Crippen LogP contribution is -2.04. The summed E-state index contributed by atoms with van der Waals surface area (Å²) in [6, 6.07) is 5.91. The lowest BCUT2D eigenvalue weighted by molar-refractivity contribution is 0.0519. The number of aromatic nitrogens is 3. The molecule has 0 radical (unpaired) electrons. The SMILES string of the molecule is CCOC(=O)c1cn(-c2cccc(C)c2C)nn1. The summed E-state index contributed by atoms with van der Waals surface area (Å²) < 4.78 is 6.47. The zero-order valence-electron chi connectivity index (χ0n) is 10.7. The third-order valence-electron chi connectivity index (χ3n) is 2.80. The normalized spacial score (nSPS) is 10.4. The maximum atomic E-state index is 11.5. The van der Waals surface area contributed by atoms with Gasteiger partial charge in [0, 0.05) is 0 Å². The minimum Gasteiger partial charge on any atom is -0.461 e. The van der Waals surface area contributed by atoms with Gasteiger partial charge in [0.1, 0.15) is 0 Å². The highest BCUT2D eigenvalue weighted by Crippen LogP contribution is 2.16. The van der Waals surface area contributed by atoms with Gasteiger partial charge in [-0.2, -0.15) is 0 Å². The van der Waals surface area contributed by atoms with Gasteiger partial charge in [-0.1, -0.05) is 17.3 Å². The van der Waals surface area contributed by atoms with Crippen molar-refractivity contribution in [2.45, 2.75) is 20.8 Å². The van der Waals surface area contributed by atoms with Gasteiger partial charge in [-0.15, -0.1) is 5.10 Å². The van der Waals surface area contributed by atoms with Crippen molar-refractivity contribution >= 4 is 5.97 Å². The van der Waals surface area contributed by atoms with Crippen molar-refractivity contribution in [1.82, 2.24) is 15.0 Å². The summed E-state index contributed by atoms with van der Waals surface area (Å²) in [4.78, 5) is 11.5. The van der Waals surface area contributed by atoms with Crippen molar-refractivity contribution in [3.05, 3.63) is 41.2 Å². The van der Waals surface area contributed by atoms with Crippen molar-refractivity contribution in [2.24, 2.45) is 0 Å². The second kappa shape index (κ2) is 5.00. The van der Waals surface area contributed by atoms with Gasteiger partial charge in [0.25, 0.3) is 0 Å². The topological polar surface area (TPSA) is 57.0 Å². The molecule has 0 saturated heterocycles. The fraction of sp³-hybridized carbons (Fsp3) is 0.308. The summed E-state index contributed by atoms with van der Waals surface area (Å²) >= 11 is 0. The number of aryl methyl sites for hydroxylation is 1. The van der Waals surface area contributed by atoms with Crippen LogP contribution in [-0.2, 0) is 4.74 Å². The van der Waals surface area contributed by atoms with Gasteiger partial charge in [0.2, 0.25) is 0 Å². The van der Waals surface area contributed by atoms with Gasteiger partial charge in [0.15, 0.2) is 5.69 Å². The molecular weight excluding hydrogens is 230 g/mol. The van der Waals surface area contributed by atoms with Crippen LogP contribution in [0.4, 0.5) is 0 Å². The lowest BCUT2D eigenvalue weighted by Gasteiger charge is -2.06. The molecule has 2 rings (SSSR count). The summed E-state index contributed by atoms with van der Waals surface area (Å²) in [5, 5.41) is 7.78. The highest BCUT2D eigenvalue weighted by molar-refractivity contribution is 5.86. The van der Waals surface area contributed by atoms with E-state index in [0.717, 1.165) is 11.3 Å². The minimum absolute atomic E-state index is 0.220. The minimum atomic E-state index is -0.450. The van der Waals surface area contributed by atoms with Crippen LogP contribution in [0.1, 0.15) is 28.5 Å². The predicted molar refractivity (Wildman–Crippen MR) is 66.8 cm³/mol. The third kappa shape index (κ3) is 2.25. The first-order valence-electron chi connectivity index (χ1n) is 5.79. The number of carbonyl (C=O) groups excluding carboxylic acids is 1. The van der Waals surface area contributed by atoms with Gasteiger partial charge >= 0.3 is 5.97 Å². The van der Waals surface area contributed by atoms with Crippen LogP contribution in [0, 0.1) is 13.8 Å². The van der Waals surface area contributed by atoms with E-state index >= 15 is 0 Å². The van der Waals surface area contributed by atoms with Crippen LogP contribution in [0.25, 0.3) is 5.69 Å². The van der Waals surface area contributed by atoms with Crippen LogP contribution < -0.4 is 0 Å². The van der Waals surface area contributed by atoms with E-state index in [2.05, 4.69) is 10.3 Å². The van der Waals surface area contributed by atoms with E-state index in [4.69, 9.17) is 4.74 Å². The molecule has 1 aromatic carbocycles. The molecule has 18 heavy (non-hydrogen) atoms. The fourth-order valence-corrected chi connectivity index (χ4v) is 1.66. The summed E-state index contributed by atoms with van der Waals surface area (Å²) in [6.45, 7) is 6.13. The number of carbonyl (C=O) groups is 1. The van der Waals surface area contributed by atoms with Crippen molar-refractivity contribution in [3.63, 3.8) is 0 Å². The smallest absolute Gasteiger partial charge is 0.360 e. The molecular formula is C13H15N3O2. The number of ether oxygens (including phenoxy) is 1. The quantitative estimate of drug-likeness (QED) is 0.777. The molecule has 0 saturated carbocycles. The van der Waals surface area contributed by atoms with E-state index in [9.17, 15) is 4.79 Å². The monoisotopic (exact) mass is 245 g/mol. The highest BCUT2D eigenvalue weighted by Gasteiger charge is 2.13. The second-order valence-electron chi connectivity index (χ2n) is 3.99. The fourth-order valence-electron chi connectivity index (χ4n) is 1.66. The Hall–Kier alpha value is -2.17. The average molecular weight is 245 g/mol. The van der Waals surface area contributed by atoms with Crippen LogP contribution >= 0.6 is 0 Å². The van der Waals surface area contributed by atoms with Crippen LogP contribution in [0.5, 0.6) is 0 Å². The summed E-state index contributed by atoms with van der Waals surface area (Å²) in [6.07, 6.45) is 1.58. The summed E-state index contributed by atoms with van der Waals surface area (Å²) in [5.41, 5.74) is 3.41. The van der Waals surface area contributed by atoms with E-state index < -0.39 is 5.97 Å². The molecule has 0 aliphatic rings. The molecule has 0 unspecified atom stereocenters. The molecule has 0 bridgehead atoms. The van der Waals surface area contributed by atoms with E-state index in [1.54, 1.807) is 17.8 Å². The maximum Gasteiger partial charge on any atom is 0.360 e. The average Bonchev–Trinajstić information content (AvgIpc) is 2.82. The molecule has 5 heteroatoms. The van der Waals surface area contributed by atoms with Crippen LogP contribution in [0.2, 0.25) is 0 Å². The molecule has 1 aromatic heterocycles. The van der Waals surface area contributed by atoms with Gasteiger partial charge in [-0.3, -0.25) is 0 Å². The number of benzene rings is 1. The van der Waals surface area contributed by atoms with Crippen LogP contribution in [0.3, 0.4) is 0 Å². The lowest BCUT2D eigenvalue weighted by atomic mass is 10.1. The Labute approximate surface area is 105 Å². The molecule has 5 nitrogen and oxygen atoms in total. The number of nitrogens with zero attached hydrogens (tertiary/aromatic N) is 3. The Kier molecular flexibility index (Phi) is 3.41. The number of hydrogen-bond donors (Lipinski definition) is 0. The Balaban J connectivity index is 2.35. The third-order valence-corrected chi connectivity index (χ3v) is 2.80. The van der Waals surface area contributed by atoms with Gasteiger partial charge in [-0.05, 0) is 38.0 Å². The van der Waals surface area contributed by atoms with Gasteiger partial charge in [-0.25, -0.2) is 9.48 Å². The standard InChI is InChI=1S/C13H15N3O2/c1-4-18-13(17)11-8-16(15-14-11)12-7-5-6-9(2)10(12)3/h5-8H,4H2,1-3H3. The first-order chi connectivity index (χ1) is 8.63. The molecule has 0 spiro atoms. The Morgan fingerprint density at radius 3 is 2.89 bits per heavy atom. The molecule has 0 N–H and O–H groups in total. The first-order valence-corrected chi connectivity index (χ1v) is 5.79. The zero-order chi connectivity index (χ0) is 13.1. The Bertz CT molecular complexity index is 575.